The Kier molecular flexibility index (Phi) is 5.33. The number of nitrogens with zero attached hydrogens (tertiary/aromatic N) is 2. The van der Waals surface area contributed by atoms with Crippen LogP contribution < -0.4 is 10.6 Å². The third-order valence-corrected chi connectivity index (χ3v) is 4.91. The largest absolute Gasteiger partial charge is 0.336 e. The van der Waals surface area contributed by atoms with Crippen molar-refractivity contribution >= 4 is 11.9 Å². The molecule has 6 heteroatoms. The van der Waals surface area contributed by atoms with E-state index in [-0.39, 0.29) is 18.0 Å². The molecule has 1 aliphatic carbocycles. The Balaban J connectivity index is 1.47. The first-order chi connectivity index (χ1) is 11.6. The fourth-order valence-corrected chi connectivity index (χ4v) is 3.50. The number of amides is 3. The highest BCUT2D eigenvalue weighted by atomic mass is 16.2. The molecular formula is C18H26N4O2. The molecule has 0 bridgehead atoms. The van der Waals surface area contributed by atoms with Crippen LogP contribution in [0.2, 0.25) is 0 Å². The van der Waals surface area contributed by atoms with Crippen LogP contribution >= 0.6 is 0 Å². The summed E-state index contributed by atoms with van der Waals surface area (Å²) in [5.74, 6) is -0.0144. The van der Waals surface area contributed by atoms with Gasteiger partial charge in [0.05, 0.1) is 5.56 Å². The molecule has 1 unspecified atom stereocenters. The fourth-order valence-electron chi connectivity index (χ4n) is 3.50. The number of nitrogens with one attached hydrogen (secondary N) is 2. The minimum absolute atomic E-state index is 0.0144. The van der Waals surface area contributed by atoms with Crippen molar-refractivity contribution in [3.8, 4) is 0 Å². The number of hydrogen-bond acceptors (Lipinski definition) is 3. The zero-order chi connectivity index (χ0) is 16.9. The van der Waals surface area contributed by atoms with Crippen molar-refractivity contribution < 1.29 is 9.59 Å². The number of urea groups is 1. The smallest absolute Gasteiger partial charge is 0.315 e. The van der Waals surface area contributed by atoms with E-state index in [1.54, 1.807) is 17.2 Å². The van der Waals surface area contributed by atoms with Crippen LogP contribution in [0.15, 0.2) is 18.3 Å². The van der Waals surface area contributed by atoms with Crippen molar-refractivity contribution in [2.75, 3.05) is 13.1 Å². The Hall–Kier alpha value is -2.11. The van der Waals surface area contributed by atoms with E-state index >= 15 is 0 Å². The molecule has 3 rings (SSSR count). The molecule has 130 valence electrons. The Bertz CT molecular complexity index is 581. The summed E-state index contributed by atoms with van der Waals surface area (Å²) < 4.78 is 0. The van der Waals surface area contributed by atoms with E-state index in [0.717, 1.165) is 25.0 Å². The molecule has 2 N–H and O–H groups in total. The first-order valence-electron chi connectivity index (χ1n) is 8.91. The zero-order valence-corrected chi connectivity index (χ0v) is 14.3. The summed E-state index contributed by atoms with van der Waals surface area (Å²) >= 11 is 0. The predicted molar refractivity (Wildman–Crippen MR) is 91.8 cm³/mol. The Morgan fingerprint density at radius 3 is 2.54 bits per heavy atom. The molecule has 2 fully saturated rings. The summed E-state index contributed by atoms with van der Waals surface area (Å²) in [6.07, 6.45) is 8.22. The highest BCUT2D eigenvalue weighted by Crippen LogP contribution is 2.17. The van der Waals surface area contributed by atoms with E-state index in [0.29, 0.717) is 24.7 Å². The maximum absolute atomic E-state index is 12.5. The highest BCUT2D eigenvalue weighted by Gasteiger charge is 2.28. The van der Waals surface area contributed by atoms with E-state index in [4.69, 9.17) is 0 Å². The van der Waals surface area contributed by atoms with Gasteiger partial charge in [-0.3, -0.25) is 9.78 Å². The number of carbonyl (C=O) groups is 2. The summed E-state index contributed by atoms with van der Waals surface area (Å²) in [5.41, 5.74) is 1.50. The van der Waals surface area contributed by atoms with Gasteiger partial charge in [-0.1, -0.05) is 19.3 Å². The van der Waals surface area contributed by atoms with Gasteiger partial charge >= 0.3 is 6.03 Å². The normalized spacial score (nSPS) is 21.5. The number of likely N-dealkylation sites (tertiary alicyclic amines) is 1. The molecule has 3 amide bonds. The number of pyridine rings is 1. The third-order valence-electron chi connectivity index (χ3n) is 4.91. The molecule has 0 spiro atoms. The van der Waals surface area contributed by atoms with E-state index in [1.807, 2.05) is 13.0 Å². The average molecular weight is 330 g/mol. The van der Waals surface area contributed by atoms with Gasteiger partial charge in [0.2, 0.25) is 0 Å². The first-order valence-corrected chi connectivity index (χ1v) is 8.91. The van der Waals surface area contributed by atoms with Crippen LogP contribution in [0.3, 0.4) is 0 Å². The molecule has 6 nitrogen and oxygen atoms in total. The SMILES string of the molecule is Cc1ccc(C(=O)N2CCC(NC(=O)NC3CCCCC3)C2)cn1. The van der Waals surface area contributed by atoms with Gasteiger partial charge in [-0.05, 0) is 38.3 Å². The summed E-state index contributed by atoms with van der Waals surface area (Å²) in [6, 6.07) is 3.88. The van der Waals surface area contributed by atoms with Crippen LogP contribution in [-0.2, 0) is 0 Å². The minimum atomic E-state index is -0.0989. The van der Waals surface area contributed by atoms with E-state index in [2.05, 4.69) is 15.6 Å². The molecular weight excluding hydrogens is 304 g/mol. The van der Waals surface area contributed by atoms with E-state index in [9.17, 15) is 9.59 Å². The van der Waals surface area contributed by atoms with Crippen molar-refractivity contribution in [1.82, 2.24) is 20.5 Å². The monoisotopic (exact) mass is 330 g/mol. The molecule has 1 aliphatic heterocycles. The molecule has 0 aromatic carbocycles. The average Bonchev–Trinajstić information content (AvgIpc) is 3.04. The summed E-state index contributed by atoms with van der Waals surface area (Å²) in [7, 11) is 0. The van der Waals surface area contributed by atoms with Gasteiger partial charge in [-0.25, -0.2) is 4.79 Å². The van der Waals surface area contributed by atoms with Crippen molar-refractivity contribution in [3.63, 3.8) is 0 Å². The van der Waals surface area contributed by atoms with Crippen LogP contribution in [0.5, 0.6) is 0 Å². The maximum Gasteiger partial charge on any atom is 0.315 e. The standard InChI is InChI=1S/C18H26N4O2/c1-13-7-8-14(11-19-13)17(23)22-10-9-16(12-22)21-18(24)20-15-5-3-2-4-6-15/h7-8,11,15-16H,2-6,9-10,12H2,1H3,(H2,20,21,24). The molecule has 24 heavy (non-hydrogen) atoms. The van der Waals surface area contributed by atoms with Crippen LogP contribution in [0, 0.1) is 6.92 Å². The lowest BCUT2D eigenvalue weighted by molar-refractivity contribution is 0.0789. The summed E-state index contributed by atoms with van der Waals surface area (Å²) in [5, 5.41) is 6.08. The van der Waals surface area contributed by atoms with Crippen molar-refractivity contribution in [1.29, 1.82) is 0 Å². The Morgan fingerprint density at radius 2 is 1.83 bits per heavy atom. The van der Waals surface area contributed by atoms with Gasteiger partial charge in [0, 0.05) is 37.1 Å². The number of aryl methyl sites for hydroxylation is 1. The van der Waals surface area contributed by atoms with Crippen LogP contribution in [-0.4, -0.2) is 47.0 Å². The molecule has 1 aromatic heterocycles. The molecule has 1 saturated heterocycles. The van der Waals surface area contributed by atoms with Gasteiger partial charge in [0.25, 0.3) is 5.91 Å². The molecule has 0 radical (unpaired) electrons. The molecule has 1 saturated carbocycles. The molecule has 2 heterocycles. The molecule has 1 atom stereocenters. The maximum atomic E-state index is 12.5. The summed E-state index contributed by atoms with van der Waals surface area (Å²) in [6.45, 7) is 3.13. The second-order valence-corrected chi connectivity index (χ2v) is 6.88. The van der Waals surface area contributed by atoms with Crippen LogP contribution in [0.1, 0.15) is 54.6 Å². The fraction of sp³-hybridized carbons (Fsp3) is 0.611. The number of rotatable bonds is 3. The number of carbonyl (C=O) groups excluding carboxylic acids is 2. The van der Waals surface area contributed by atoms with Gasteiger partial charge < -0.3 is 15.5 Å². The zero-order valence-electron chi connectivity index (χ0n) is 14.3. The Morgan fingerprint density at radius 1 is 1.08 bits per heavy atom. The topological polar surface area (TPSA) is 74.3 Å². The van der Waals surface area contributed by atoms with E-state index in [1.165, 1.54) is 19.3 Å². The first kappa shape index (κ1) is 16.7. The van der Waals surface area contributed by atoms with E-state index < -0.39 is 0 Å². The van der Waals surface area contributed by atoms with Gasteiger partial charge in [0.1, 0.15) is 0 Å². The lowest BCUT2D eigenvalue weighted by atomic mass is 9.96. The minimum Gasteiger partial charge on any atom is -0.336 e. The second kappa shape index (κ2) is 7.64. The van der Waals surface area contributed by atoms with Crippen LogP contribution in [0.25, 0.3) is 0 Å². The lowest BCUT2D eigenvalue weighted by Gasteiger charge is -2.24. The summed E-state index contributed by atoms with van der Waals surface area (Å²) in [4.78, 5) is 30.5. The lowest BCUT2D eigenvalue weighted by Crippen LogP contribution is -2.47. The molecule has 2 aliphatic rings. The number of hydrogen-bond donors (Lipinski definition) is 2. The van der Waals surface area contributed by atoms with Crippen molar-refractivity contribution in [2.24, 2.45) is 0 Å². The highest BCUT2D eigenvalue weighted by molar-refractivity contribution is 5.94. The van der Waals surface area contributed by atoms with Crippen LogP contribution in [0.4, 0.5) is 4.79 Å². The second-order valence-electron chi connectivity index (χ2n) is 6.88. The quantitative estimate of drug-likeness (QED) is 0.892. The third kappa shape index (κ3) is 4.24. The molecule has 1 aromatic rings. The van der Waals surface area contributed by atoms with Gasteiger partial charge in [-0.2, -0.15) is 0 Å². The predicted octanol–water partition coefficient (Wildman–Crippen LogP) is 2.24. The van der Waals surface area contributed by atoms with Gasteiger partial charge in [-0.15, -0.1) is 0 Å². The Labute approximate surface area is 143 Å². The van der Waals surface area contributed by atoms with Crippen molar-refractivity contribution in [2.45, 2.75) is 57.5 Å². The number of aromatic nitrogens is 1. The van der Waals surface area contributed by atoms with Gasteiger partial charge in [0.15, 0.2) is 0 Å². The van der Waals surface area contributed by atoms with Crippen molar-refractivity contribution in [3.05, 3.63) is 29.6 Å².